The molecule has 0 aromatic heterocycles. The molecule has 0 aliphatic rings. The van der Waals surface area contributed by atoms with Crippen LogP contribution < -0.4 is 0 Å². The second kappa shape index (κ2) is 6.51. The lowest BCUT2D eigenvalue weighted by atomic mass is 10.4. The van der Waals surface area contributed by atoms with Gasteiger partial charge in [0.25, 0.3) is 5.71 Å². The number of hydrogen-bond acceptors (Lipinski definition) is 7. The quantitative estimate of drug-likeness (QED) is 0.450. The molecule has 0 spiro atoms. The van der Waals surface area contributed by atoms with E-state index in [1.165, 1.54) is 37.3 Å². The summed E-state index contributed by atoms with van der Waals surface area (Å²) in [4.78, 5) is 11.0. The minimum absolute atomic E-state index is 0.0327. The van der Waals surface area contributed by atoms with Crippen molar-refractivity contribution in [1.29, 1.82) is 5.26 Å². The van der Waals surface area contributed by atoms with Gasteiger partial charge < -0.3 is 4.74 Å². The fourth-order valence-electron chi connectivity index (χ4n) is 1.02. The minimum Gasteiger partial charge on any atom is -0.461 e. The Kier molecular flexibility index (Phi) is 5.02. The van der Waals surface area contributed by atoms with Gasteiger partial charge in [0.2, 0.25) is 0 Å². The van der Waals surface area contributed by atoms with E-state index in [0.29, 0.717) is 0 Å². The lowest BCUT2D eigenvalue weighted by Crippen LogP contribution is -2.17. The first-order chi connectivity index (χ1) is 9.01. The molecule has 19 heavy (non-hydrogen) atoms. The summed E-state index contributed by atoms with van der Waals surface area (Å²) in [6.45, 7) is 1.57. The third-order valence-electron chi connectivity index (χ3n) is 1.83. The molecule has 0 heterocycles. The Morgan fingerprint density at radius 3 is 2.53 bits per heavy atom. The molecule has 1 aromatic carbocycles. The van der Waals surface area contributed by atoms with Crippen LogP contribution in [0.5, 0.6) is 0 Å². The summed E-state index contributed by atoms with van der Waals surface area (Å²) in [5.41, 5.74) is -0.777. The highest BCUT2D eigenvalue weighted by Gasteiger charge is 2.18. The number of carbonyl (C=O) groups excluding carboxylic acids is 1. The molecule has 0 amide bonds. The van der Waals surface area contributed by atoms with E-state index in [0.717, 1.165) is 0 Å². The second-order valence-electron chi connectivity index (χ2n) is 3.11. The molecule has 0 saturated heterocycles. The van der Waals surface area contributed by atoms with Crippen LogP contribution >= 0.6 is 0 Å². The summed E-state index contributed by atoms with van der Waals surface area (Å²) >= 11 is 0. The molecule has 1 aromatic rings. The maximum atomic E-state index is 11.6. The Morgan fingerprint density at radius 1 is 1.37 bits per heavy atom. The van der Waals surface area contributed by atoms with Crippen molar-refractivity contribution < 1.29 is 22.2 Å². The largest absolute Gasteiger partial charge is 0.461 e. The van der Waals surface area contributed by atoms with Crippen molar-refractivity contribution in [3.63, 3.8) is 0 Å². The van der Waals surface area contributed by atoms with Crippen LogP contribution in [0.3, 0.4) is 0 Å². The lowest BCUT2D eigenvalue weighted by molar-refractivity contribution is -0.135. The van der Waals surface area contributed by atoms with Crippen LogP contribution in [-0.2, 0) is 23.9 Å². The first-order valence-corrected chi connectivity index (χ1v) is 6.56. The highest BCUT2D eigenvalue weighted by Crippen LogP contribution is 2.11. The summed E-state index contributed by atoms with van der Waals surface area (Å²) in [5.74, 6) is -1.05. The third kappa shape index (κ3) is 4.08. The number of nitrogens with zero attached hydrogens (tertiary/aromatic N) is 2. The number of benzene rings is 1. The van der Waals surface area contributed by atoms with Crippen molar-refractivity contribution in [2.75, 3.05) is 6.61 Å². The van der Waals surface area contributed by atoms with Crippen LogP contribution in [0.4, 0.5) is 0 Å². The summed E-state index contributed by atoms with van der Waals surface area (Å²) in [7, 11) is -4.16. The molecule has 100 valence electrons. The monoisotopic (exact) mass is 282 g/mol. The number of carbonyl (C=O) groups is 1. The van der Waals surface area contributed by atoms with Crippen LogP contribution in [0.15, 0.2) is 40.4 Å². The third-order valence-corrected chi connectivity index (χ3v) is 2.95. The Morgan fingerprint density at radius 2 is 2.00 bits per heavy atom. The van der Waals surface area contributed by atoms with Gasteiger partial charge in [-0.25, -0.2) is 4.79 Å². The fraction of sp³-hybridized carbons (Fsp3) is 0.182. The van der Waals surface area contributed by atoms with Crippen LogP contribution in [0.25, 0.3) is 0 Å². The van der Waals surface area contributed by atoms with Gasteiger partial charge in [0.05, 0.1) is 6.61 Å². The molecule has 1 rings (SSSR count). The SMILES string of the molecule is CCOC(=O)/C(C#N)=N/OS(=O)(=O)c1ccccc1. The van der Waals surface area contributed by atoms with Gasteiger partial charge in [-0.1, -0.05) is 18.2 Å². The van der Waals surface area contributed by atoms with Gasteiger partial charge in [-0.15, -0.1) is 0 Å². The number of ether oxygens (including phenoxy) is 1. The number of esters is 1. The first kappa shape index (κ1) is 14.7. The van der Waals surface area contributed by atoms with Crippen LogP contribution in [0.1, 0.15) is 6.92 Å². The minimum atomic E-state index is -4.16. The van der Waals surface area contributed by atoms with E-state index >= 15 is 0 Å². The summed E-state index contributed by atoms with van der Waals surface area (Å²) in [5, 5.41) is 11.6. The van der Waals surface area contributed by atoms with Gasteiger partial charge in [0.15, 0.2) is 0 Å². The van der Waals surface area contributed by atoms with E-state index in [4.69, 9.17) is 5.26 Å². The molecular weight excluding hydrogens is 272 g/mol. The van der Waals surface area contributed by atoms with E-state index in [-0.39, 0.29) is 11.5 Å². The van der Waals surface area contributed by atoms with Gasteiger partial charge in [0, 0.05) is 0 Å². The fourth-order valence-corrected chi connectivity index (χ4v) is 1.77. The normalized spacial score (nSPS) is 11.5. The molecule has 0 fully saturated rings. The predicted molar refractivity (Wildman–Crippen MR) is 64.4 cm³/mol. The zero-order chi connectivity index (χ0) is 14.3. The summed E-state index contributed by atoms with van der Waals surface area (Å²) < 4.78 is 32.1. The van der Waals surface area contributed by atoms with Gasteiger partial charge in [0.1, 0.15) is 11.0 Å². The molecule has 0 radical (unpaired) electrons. The maximum absolute atomic E-state index is 11.6. The standard InChI is InChI=1S/C11H10N2O5S/c1-2-17-11(14)10(8-12)13-18-19(15,16)9-6-4-3-5-7-9/h3-7H,2H2,1H3/b13-10+. The van der Waals surface area contributed by atoms with E-state index in [1.807, 2.05) is 0 Å². The topological polar surface area (TPSA) is 106 Å². The van der Waals surface area contributed by atoms with Crippen molar-refractivity contribution in [2.45, 2.75) is 11.8 Å². The van der Waals surface area contributed by atoms with Gasteiger partial charge in [-0.2, -0.15) is 13.7 Å². The molecule has 0 saturated carbocycles. The summed E-state index contributed by atoms with van der Waals surface area (Å²) in [6.07, 6.45) is 0. The zero-order valence-electron chi connectivity index (χ0n) is 9.94. The smallest absolute Gasteiger partial charge is 0.371 e. The molecule has 0 N–H and O–H groups in total. The Labute approximate surface area is 110 Å². The van der Waals surface area contributed by atoms with Gasteiger partial charge in [-0.3, -0.25) is 4.28 Å². The van der Waals surface area contributed by atoms with Gasteiger partial charge in [-0.05, 0) is 24.2 Å². The molecule has 0 bridgehead atoms. The average Bonchev–Trinajstić information content (AvgIpc) is 2.40. The molecular formula is C11H10N2O5S. The molecule has 0 aliphatic heterocycles. The van der Waals surface area contributed by atoms with Gasteiger partial charge >= 0.3 is 16.1 Å². The van der Waals surface area contributed by atoms with Crippen molar-refractivity contribution >= 4 is 21.8 Å². The number of nitriles is 1. The van der Waals surface area contributed by atoms with E-state index < -0.39 is 21.8 Å². The van der Waals surface area contributed by atoms with Crippen molar-refractivity contribution in [1.82, 2.24) is 0 Å². The number of rotatable bonds is 5. The van der Waals surface area contributed by atoms with E-state index in [9.17, 15) is 13.2 Å². The lowest BCUT2D eigenvalue weighted by Gasteiger charge is -2.01. The summed E-state index contributed by atoms with van der Waals surface area (Å²) in [6, 6.07) is 8.60. The molecule has 0 aliphatic carbocycles. The van der Waals surface area contributed by atoms with Crippen molar-refractivity contribution in [3.8, 4) is 6.07 Å². The van der Waals surface area contributed by atoms with Crippen molar-refractivity contribution in [3.05, 3.63) is 30.3 Å². The molecule has 0 unspecified atom stereocenters. The maximum Gasteiger partial charge on any atom is 0.371 e. The molecule has 0 atom stereocenters. The van der Waals surface area contributed by atoms with Crippen molar-refractivity contribution in [2.24, 2.45) is 5.16 Å². The Balaban J connectivity index is 2.91. The predicted octanol–water partition coefficient (Wildman–Crippen LogP) is 0.835. The number of oxime groups is 1. The highest BCUT2D eigenvalue weighted by atomic mass is 32.2. The first-order valence-electron chi connectivity index (χ1n) is 5.15. The van der Waals surface area contributed by atoms with E-state index in [1.54, 1.807) is 6.07 Å². The highest BCUT2D eigenvalue weighted by molar-refractivity contribution is 7.86. The number of hydrogen-bond donors (Lipinski definition) is 0. The Hall–Kier alpha value is -2.40. The van der Waals surface area contributed by atoms with Crippen LogP contribution in [0.2, 0.25) is 0 Å². The molecule has 7 nitrogen and oxygen atoms in total. The second-order valence-corrected chi connectivity index (χ2v) is 4.64. The van der Waals surface area contributed by atoms with Crippen LogP contribution in [0, 0.1) is 11.3 Å². The average molecular weight is 282 g/mol. The molecule has 8 heteroatoms. The van der Waals surface area contributed by atoms with Crippen LogP contribution in [-0.4, -0.2) is 26.7 Å². The van der Waals surface area contributed by atoms with E-state index in [2.05, 4.69) is 14.2 Å². The Bertz CT molecular complexity index is 616. The zero-order valence-corrected chi connectivity index (χ0v) is 10.8.